The largest absolute Gasteiger partial charge is 0.107 e. The molecule has 0 spiro atoms. The van der Waals surface area contributed by atoms with Gasteiger partial charge in [0.25, 0.3) is 0 Å². The van der Waals surface area contributed by atoms with Gasteiger partial charge in [0.2, 0.25) is 0 Å². The van der Waals surface area contributed by atoms with E-state index in [1.165, 1.54) is 0 Å². The highest BCUT2D eigenvalue weighted by atomic mass is 29.2. The van der Waals surface area contributed by atoms with Gasteiger partial charge in [0.1, 0.15) is 0 Å². The van der Waals surface area contributed by atoms with Gasteiger partial charge in [-0.3, -0.25) is 0 Å². The lowest BCUT2D eigenvalue weighted by Gasteiger charge is -2.19. The summed E-state index contributed by atoms with van der Waals surface area (Å²) in [5, 5.41) is 0. The molecule has 47 valence electrons. The van der Waals surface area contributed by atoms with Crippen molar-refractivity contribution in [2.24, 2.45) is 0 Å². The van der Waals surface area contributed by atoms with Crippen LogP contribution in [0, 0.1) is 0 Å². The molecule has 0 heterocycles. The minimum Gasteiger partial charge on any atom is -0.107 e. The van der Waals surface area contributed by atoms with E-state index in [2.05, 4.69) is 38.5 Å². The molecular weight excluding hydrogens is 128 g/mol. The van der Waals surface area contributed by atoms with Gasteiger partial charge in [-0.15, -0.1) is 12.3 Å². The van der Waals surface area contributed by atoms with E-state index < -0.39 is 7.59 Å². The first-order valence-electron chi connectivity index (χ1n) is 2.95. The van der Waals surface area contributed by atoms with Crippen molar-refractivity contribution in [2.45, 2.75) is 26.2 Å². The Kier molecular flexibility index (Phi) is 2.70. The Morgan fingerprint density at radius 3 is 1.75 bits per heavy atom. The molecule has 0 aliphatic carbocycles. The fourth-order valence-corrected chi connectivity index (χ4v) is 1.84. The lowest BCUT2D eigenvalue weighted by atomic mass is 11.3. The van der Waals surface area contributed by atoms with E-state index in [4.69, 9.17) is 0 Å². The second kappa shape index (κ2) is 2.64. The maximum Gasteiger partial charge on any atom is 0.0612 e. The summed E-state index contributed by atoms with van der Waals surface area (Å²) in [6, 6.07) is 0. The highest BCUT2D eigenvalue weighted by molar-refractivity contribution is 7.33. The predicted molar refractivity (Wildman–Crippen MR) is 45.2 cm³/mol. The van der Waals surface area contributed by atoms with Crippen LogP contribution in [0.4, 0.5) is 0 Å². The first-order chi connectivity index (χ1) is 3.50. The Morgan fingerprint density at radius 1 is 1.38 bits per heavy atom. The van der Waals surface area contributed by atoms with Gasteiger partial charge < -0.3 is 0 Å². The third-order valence-corrected chi connectivity index (χ3v) is 13.7. The van der Waals surface area contributed by atoms with Crippen LogP contribution in [0.3, 0.4) is 0 Å². The number of rotatable bonds is 2. The summed E-state index contributed by atoms with van der Waals surface area (Å²) in [4.78, 5) is 0. The van der Waals surface area contributed by atoms with Crippen molar-refractivity contribution in [1.29, 1.82) is 0 Å². The zero-order valence-corrected chi connectivity index (χ0v) is 8.28. The van der Waals surface area contributed by atoms with Crippen LogP contribution in [0.2, 0.25) is 26.2 Å². The molecule has 0 unspecified atom stereocenters. The fraction of sp³-hybridized carbons (Fsp3) is 0.667. The van der Waals surface area contributed by atoms with Crippen molar-refractivity contribution in [3.05, 3.63) is 12.3 Å². The Hall–Kier alpha value is 0.174. The van der Waals surface area contributed by atoms with E-state index in [-0.39, 0.29) is 8.31 Å². The zero-order chi connectivity index (χ0) is 6.78. The summed E-state index contributed by atoms with van der Waals surface area (Å²) in [7, 11) is -0.930. The minimum atomic E-state index is -0.889. The SMILES string of the molecule is C=C[Si](C)(C)[Si](C)C. The molecule has 0 saturated heterocycles. The maximum absolute atomic E-state index is 3.84. The lowest BCUT2D eigenvalue weighted by Crippen LogP contribution is -2.38. The first kappa shape index (κ1) is 8.17. The van der Waals surface area contributed by atoms with Gasteiger partial charge in [0, 0.05) is 8.31 Å². The monoisotopic (exact) mass is 143 g/mol. The van der Waals surface area contributed by atoms with Crippen molar-refractivity contribution >= 4 is 15.9 Å². The molecule has 0 atom stereocenters. The van der Waals surface area contributed by atoms with Crippen LogP contribution >= 0.6 is 0 Å². The van der Waals surface area contributed by atoms with Gasteiger partial charge in [0.05, 0.1) is 7.59 Å². The van der Waals surface area contributed by atoms with E-state index in [1.54, 1.807) is 0 Å². The van der Waals surface area contributed by atoms with Crippen LogP contribution in [-0.2, 0) is 0 Å². The predicted octanol–water partition coefficient (Wildman–Crippen LogP) is 2.25. The summed E-state index contributed by atoms with van der Waals surface area (Å²) in [5.41, 5.74) is 2.20. The molecule has 0 aromatic carbocycles. The van der Waals surface area contributed by atoms with Gasteiger partial charge in [-0.2, -0.15) is 0 Å². The average molecular weight is 143 g/mol. The number of hydrogen-bond donors (Lipinski definition) is 0. The van der Waals surface area contributed by atoms with Gasteiger partial charge in [-0.05, 0) is 0 Å². The molecule has 0 amide bonds. The standard InChI is InChI=1S/C6H15Si2/c1-6-8(4,5)7(2)3/h6H,1H2,2-5H3. The first-order valence-corrected chi connectivity index (χ1v) is 9.52. The highest BCUT2D eigenvalue weighted by Crippen LogP contribution is 2.06. The van der Waals surface area contributed by atoms with Crippen molar-refractivity contribution in [2.75, 3.05) is 0 Å². The topological polar surface area (TPSA) is 0 Å². The molecule has 0 aromatic rings. The molecule has 0 nitrogen and oxygen atoms in total. The molecule has 0 rings (SSSR count). The van der Waals surface area contributed by atoms with Crippen LogP contribution in [0.5, 0.6) is 0 Å². The molecule has 0 saturated carbocycles. The molecule has 8 heavy (non-hydrogen) atoms. The summed E-state index contributed by atoms with van der Waals surface area (Å²) in [6.45, 7) is 13.4. The maximum atomic E-state index is 3.84. The van der Waals surface area contributed by atoms with Crippen LogP contribution in [0.1, 0.15) is 0 Å². The third kappa shape index (κ3) is 1.96. The molecular formula is C6H15Si2. The summed E-state index contributed by atoms with van der Waals surface area (Å²) in [5.74, 6) is 0. The molecule has 1 radical (unpaired) electrons. The smallest absolute Gasteiger partial charge is 0.0612 e. The van der Waals surface area contributed by atoms with E-state index in [1.807, 2.05) is 0 Å². The van der Waals surface area contributed by atoms with Gasteiger partial charge in [0.15, 0.2) is 0 Å². The van der Waals surface area contributed by atoms with Crippen LogP contribution in [0.15, 0.2) is 12.3 Å². The van der Waals surface area contributed by atoms with Gasteiger partial charge in [-0.25, -0.2) is 0 Å². The van der Waals surface area contributed by atoms with E-state index in [0.29, 0.717) is 0 Å². The molecule has 0 bridgehead atoms. The Labute approximate surface area is 55.0 Å². The lowest BCUT2D eigenvalue weighted by molar-refractivity contribution is 1.87. The van der Waals surface area contributed by atoms with Crippen molar-refractivity contribution < 1.29 is 0 Å². The zero-order valence-electron chi connectivity index (χ0n) is 6.28. The van der Waals surface area contributed by atoms with Gasteiger partial charge >= 0.3 is 0 Å². The van der Waals surface area contributed by atoms with Crippen molar-refractivity contribution in [3.8, 4) is 0 Å². The molecule has 0 aliphatic heterocycles. The van der Waals surface area contributed by atoms with Crippen LogP contribution < -0.4 is 0 Å². The Bertz CT molecular complexity index is 84.5. The fourth-order valence-electron chi connectivity index (χ4n) is 0.204. The third-order valence-electron chi connectivity index (χ3n) is 1.80. The van der Waals surface area contributed by atoms with Gasteiger partial charge in [-0.1, -0.05) is 26.2 Å². The second-order valence-corrected chi connectivity index (χ2v) is 15.6. The quantitative estimate of drug-likeness (QED) is 0.520. The van der Waals surface area contributed by atoms with E-state index >= 15 is 0 Å². The van der Waals surface area contributed by atoms with E-state index in [9.17, 15) is 0 Å². The Balaban J connectivity index is 3.90. The van der Waals surface area contributed by atoms with Crippen molar-refractivity contribution in [1.82, 2.24) is 0 Å². The normalized spacial score (nSPS) is 12.1. The molecule has 0 aromatic heterocycles. The second-order valence-electron chi connectivity index (χ2n) is 2.93. The summed E-state index contributed by atoms with van der Waals surface area (Å²) >= 11 is 0. The van der Waals surface area contributed by atoms with Crippen LogP contribution in [-0.4, -0.2) is 15.9 Å². The highest BCUT2D eigenvalue weighted by Gasteiger charge is 2.20. The Morgan fingerprint density at radius 2 is 1.75 bits per heavy atom. The molecule has 0 N–H and O–H groups in total. The van der Waals surface area contributed by atoms with Crippen molar-refractivity contribution in [3.63, 3.8) is 0 Å². The van der Waals surface area contributed by atoms with Crippen LogP contribution in [0.25, 0.3) is 0 Å². The average Bonchev–Trinajstić information content (AvgIpc) is 1.67. The molecule has 0 aliphatic rings. The minimum absolute atomic E-state index is 0.0409. The number of hydrogen-bond acceptors (Lipinski definition) is 0. The molecule has 2 heteroatoms. The summed E-state index contributed by atoms with van der Waals surface area (Å²) in [6.07, 6.45) is 0. The summed E-state index contributed by atoms with van der Waals surface area (Å²) < 4.78 is 0. The molecule has 0 fully saturated rings. The van der Waals surface area contributed by atoms with E-state index in [0.717, 1.165) is 0 Å².